The Hall–Kier alpha value is -0.120. The van der Waals surface area contributed by atoms with Gasteiger partial charge in [-0.3, -0.25) is 4.90 Å². The van der Waals surface area contributed by atoms with Gasteiger partial charge in [0.05, 0.1) is 0 Å². The van der Waals surface area contributed by atoms with Crippen LogP contribution in [0, 0.1) is 11.8 Å². The van der Waals surface area contributed by atoms with E-state index in [0.29, 0.717) is 0 Å². The third-order valence-electron chi connectivity index (χ3n) is 4.34. The summed E-state index contributed by atoms with van der Waals surface area (Å²) in [5.74, 6) is 1.66. The topological polar surface area (TPSA) is 18.5 Å². The maximum Gasteiger partial charge on any atom is 0.0220 e. The lowest BCUT2D eigenvalue weighted by molar-refractivity contribution is 0.112. The van der Waals surface area contributed by atoms with Gasteiger partial charge in [-0.25, -0.2) is 0 Å². The third-order valence-corrected chi connectivity index (χ3v) is 4.34. The van der Waals surface area contributed by atoms with E-state index in [1.165, 1.54) is 51.9 Å². The highest BCUT2D eigenvalue weighted by atomic mass is 15.2. The molecule has 0 amide bonds. The van der Waals surface area contributed by atoms with E-state index in [1.54, 1.807) is 0 Å². The summed E-state index contributed by atoms with van der Waals surface area (Å²) in [6, 6.07) is 0.749. The number of piperidine rings is 1. The maximum atomic E-state index is 3.66. The van der Waals surface area contributed by atoms with E-state index in [2.05, 4.69) is 50.0 Å². The normalized spacial score (nSPS) is 19.9. The lowest BCUT2D eigenvalue weighted by Gasteiger charge is -2.38. The molecule has 1 heterocycles. The second-order valence-corrected chi connectivity index (χ2v) is 7.24. The standard InChI is InChI=1S/C17H37N3/c1-6-7-17(13-18-12-15(2)3)20-10-8-16(9-11-20)14-19(4)5/h15-18H,6-14H2,1-5H3. The van der Waals surface area contributed by atoms with Gasteiger partial charge in [-0.15, -0.1) is 0 Å². The Morgan fingerprint density at radius 1 is 1.15 bits per heavy atom. The summed E-state index contributed by atoms with van der Waals surface area (Å²) in [5.41, 5.74) is 0. The molecule has 0 aliphatic carbocycles. The van der Waals surface area contributed by atoms with Crippen LogP contribution >= 0.6 is 0 Å². The highest BCUT2D eigenvalue weighted by Gasteiger charge is 2.24. The highest BCUT2D eigenvalue weighted by molar-refractivity contribution is 4.80. The summed E-state index contributed by atoms with van der Waals surface area (Å²) >= 11 is 0. The van der Waals surface area contributed by atoms with E-state index in [9.17, 15) is 0 Å². The van der Waals surface area contributed by atoms with Crippen LogP contribution in [-0.2, 0) is 0 Å². The van der Waals surface area contributed by atoms with Gasteiger partial charge in [-0.1, -0.05) is 27.2 Å². The van der Waals surface area contributed by atoms with Crippen LogP contribution in [0.1, 0.15) is 46.5 Å². The van der Waals surface area contributed by atoms with E-state index in [4.69, 9.17) is 0 Å². The van der Waals surface area contributed by atoms with Crippen LogP contribution in [0.15, 0.2) is 0 Å². The average molecular weight is 284 g/mol. The lowest BCUT2D eigenvalue weighted by Crippen LogP contribution is -2.47. The SMILES string of the molecule is CCCC(CNCC(C)C)N1CCC(CN(C)C)CC1. The van der Waals surface area contributed by atoms with Crippen molar-refractivity contribution in [1.82, 2.24) is 15.1 Å². The van der Waals surface area contributed by atoms with Gasteiger partial charge in [-0.2, -0.15) is 0 Å². The summed E-state index contributed by atoms with van der Waals surface area (Å²) in [6.07, 6.45) is 5.39. The number of hydrogen-bond acceptors (Lipinski definition) is 3. The van der Waals surface area contributed by atoms with E-state index in [0.717, 1.165) is 24.4 Å². The van der Waals surface area contributed by atoms with Gasteiger partial charge in [-0.05, 0) is 64.8 Å². The van der Waals surface area contributed by atoms with Crippen molar-refractivity contribution in [3.63, 3.8) is 0 Å². The molecular weight excluding hydrogens is 246 g/mol. The molecule has 0 radical (unpaired) electrons. The van der Waals surface area contributed by atoms with E-state index < -0.39 is 0 Å². The maximum absolute atomic E-state index is 3.66. The average Bonchev–Trinajstić information content (AvgIpc) is 2.37. The van der Waals surface area contributed by atoms with Crippen molar-refractivity contribution >= 4 is 0 Å². The fraction of sp³-hybridized carbons (Fsp3) is 1.00. The number of hydrogen-bond donors (Lipinski definition) is 1. The van der Waals surface area contributed by atoms with Crippen LogP contribution in [0.4, 0.5) is 0 Å². The van der Waals surface area contributed by atoms with Gasteiger partial charge in [0.1, 0.15) is 0 Å². The third kappa shape index (κ3) is 7.05. The zero-order valence-corrected chi connectivity index (χ0v) is 14.5. The molecule has 0 bridgehead atoms. The monoisotopic (exact) mass is 283 g/mol. The molecule has 0 saturated carbocycles. The molecule has 0 aromatic rings. The quantitative estimate of drug-likeness (QED) is 0.702. The fourth-order valence-corrected chi connectivity index (χ4v) is 3.30. The molecule has 3 heteroatoms. The molecule has 1 saturated heterocycles. The van der Waals surface area contributed by atoms with E-state index >= 15 is 0 Å². The second kappa shape index (κ2) is 9.75. The van der Waals surface area contributed by atoms with Crippen molar-refractivity contribution in [2.75, 3.05) is 46.8 Å². The van der Waals surface area contributed by atoms with Gasteiger partial charge < -0.3 is 10.2 Å². The van der Waals surface area contributed by atoms with Crippen LogP contribution in [0.5, 0.6) is 0 Å². The Morgan fingerprint density at radius 3 is 2.30 bits per heavy atom. The zero-order valence-electron chi connectivity index (χ0n) is 14.5. The minimum absolute atomic E-state index is 0.749. The molecular formula is C17H37N3. The van der Waals surface area contributed by atoms with Crippen molar-refractivity contribution in [1.29, 1.82) is 0 Å². The molecule has 0 aromatic heterocycles. The predicted octanol–water partition coefficient (Wildman–Crippen LogP) is 2.67. The van der Waals surface area contributed by atoms with E-state index in [-0.39, 0.29) is 0 Å². The Kier molecular flexibility index (Phi) is 8.74. The first-order valence-electron chi connectivity index (χ1n) is 8.62. The number of likely N-dealkylation sites (tertiary alicyclic amines) is 1. The summed E-state index contributed by atoms with van der Waals surface area (Å²) in [5, 5.41) is 3.66. The molecule has 1 aliphatic heterocycles. The largest absolute Gasteiger partial charge is 0.315 e. The highest BCUT2D eigenvalue weighted by Crippen LogP contribution is 2.21. The lowest BCUT2D eigenvalue weighted by atomic mass is 9.94. The van der Waals surface area contributed by atoms with Crippen LogP contribution in [0.2, 0.25) is 0 Å². The van der Waals surface area contributed by atoms with Crippen LogP contribution in [-0.4, -0.2) is 62.7 Å². The Balaban J connectivity index is 2.33. The smallest absolute Gasteiger partial charge is 0.0220 e. The van der Waals surface area contributed by atoms with Gasteiger partial charge in [0.2, 0.25) is 0 Å². The summed E-state index contributed by atoms with van der Waals surface area (Å²) < 4.78 is 0. The molecule has 1 unspecified atom stereocenters. The molecule has 1 N–H and O–H groups in total. The number of rotatable bonds is 9. The first kappa shape index (κ1) is 17.9. The first-order chi connectivity index (χ1) is 9.52. The van der Waals surface area contributed by atoms with E-state index in [1.807, 2.05) is 0 Å². The molecule has 0 spiro atoms. The Morgan fingerprint density at radius 2 is 1.80 bits per heavy atom. The van der Waals surface area contributed by atoms with Gasteiger partial charge in [0, 0.05) is 19.1 Å². The predicted molar refractivity (Wildman–Crippen MR) is 89.3 cm³/mol. The van der Waals surface area contributed by atoms with Crippen molar-refractivity contribution < 1.29 is 0 Å². The molecule has 120 valence electrons. The second-order valence-electron chi connectivity index (χ2n) is 7.24. The summed E-state index contributed by atoms with van der Waals surface area (Å²) in [4.78, 5) is 5.08. The molecule has 20 heavy (non-hydrogen) atoms. The summed E-state index contributed by atoms with van der Waals surface area (Å²) in [7, 11) is 4.39. The molecule has 1 aliphatic rings. The van der Waals surface area contributed by atoms with Crippen LogP contribution in [0.3, 0.4) is 0 Å². The van der Waals surface area contributed by atoms with Gasteiger partial charge in [0.15, 0.2) is 0 Å². The van der Waals surface area contributed by atoms with Gasteiger partial charge in [0.25, 0.3) is 0 Å². The van der Waals surface area contributed by atoms with Crippen molar-refractivity contribution in [2.24, 2.45) is 11.8 Å². The Bertz CT molecular complexity index is 232. The van der Waals surface area contributed by atoms with Crippen molar-refractivity contribution in [3.05, 3.63) is 0 Å². The van der Waals surface area contributed by atoms with Crippen molar-refractivity contribution in [3.8, 4) is 0 Å². The molecule has 1 rings (SSSR count). The van der Waals surface area contributed by atoms with Crippen molar-refractivity contribution in [2.45, 2.75) is 52.5 Å². The number of nitrogens with zero attached hydrogens (tertiary/aromatic N) is 2. The van der Waals surface area contributed by atoms with Gasteiger partial charge >= 0.3 is 0 Å². The van der Waals surface area contributed by atoms with Crippen LogP contribution in [0.25, 0.3) is 0 Å². The zero-order chi connectivity index (χ0) is 15.0. The fourth-order valence-electron chi connectivity index (χ4n) is 3.30. The minimum Gasteiger partial charge on any atom is -0.315 e. The molecule has 0 aromatic carbocycles. The Labute approximate surface area is 127 Å². The van der Waals surface area contributed by atoms with Crippen LogP contribution < -0.4 is 5.32 Å². The summed E-state index contributed by atoms with van der Waals surface area (Å²) in [6.45, 7) is 13.1. The molecule has 1 atom stereocenters. The minimum atomic E-state index is 0.749. The molecule has 1 fully saturated rings. The number of nitrogens with one attached hydrogen (secondary N) is 1. The first-order valence-corrected chi connectivity index (χ1v) is 8.62. The molecule has 3 nitrogen and oxygen atoms in total.